The number of para-hydroxylation sites is 1. The lowest BCUT2D eigenvalue weighted by atomic mass is 10.2. The van der Waals surface area contributed by atoms with Gasteiger partial charge in [0.15, 0.2) is 5.13 Å². The number of hydrogen-bond acceptors (Lipinski definition) is 9. The second-order valence-electron chi connectivity index (χ2n) is 7.97. The third kappa shape index (κ3) is 4.48. The van der Waals surface area contributed by atoms with E-state index < -0.39 is 4.92 Å². The zero-order valence-electron chi connectivity index (χ0n) is 18.1. The average Bonchev–Trinajstić information content (AvgIpc) is 3.24. The number of hydrogen-bond donors (Lipinski definition) is 1. The summed E-state index contributed by atoms with van der Waals surface area (Å²) in [5.41, 5.74) is 3.08. The second kappa shape index (κ2) is 9.08. The van der Waals surface area contributed by atoms with Crippen molar-refractivity contribution in [3.8, 4) is 0 Å². The first-order valence-electron chi connectivity index (χ1n) is 10.7. The van der Waals surface area contributed by atoms with E-state index in [4.69, 9.17) is 0 Å². The van der Waals surface area contributed by atoms with E-state index in [1.807, 2.05) is 48.2 Å². The number of anilines is 3. The molecule has 1 N–H and O–H groups in total. The normalized spacial score (nSPS) is 14.5. The summed E-state index contributed by atoms with van der Waals surface area (Å²) in [6.45, 7) is 5.78. The number of rotatable bonds is 6. The summed E-state index contributed by atoms with van der Waals surface area (Å²) in [6, 6.07) is 16.3. The van der Waals surface area contributed by atoms with Gasteiger partial charge in [-0.2, -0.15) is 0 Å². The molecule has 3 heterocycles. The van der Waals surface area contributed by atoms with Gasteiger partial charge in [-0.25, -0.2) is 15.0 Å². The Morgan fingerprint density at radius 3 is 2.58 bits per heavy atom. The Hall–Kier alpha value is -3.63. The van der Waals surface area contributed by atoms with Crippen LogP contribution in [0, 0.1) is 17.0 Å². The van der Waals surface area contributed by atoms with E-state index in [0.29, 0.717) is 24.0 Å². The highest BCUT2D eigenvalue weighted by Crippen LogP contribution is 2.36. The zero-order valence-corrected chi connectivity index (χ0v) is 19.0. The topological polar surface area (TPSA) is 100 Å². The van der Waals surface area contributed by atoms with Gasteiger partial charge in [0.1, 0.15) is 6.33 Å². The van der Waals surface area contributed by atoms with Crippen LogP contribution in [0.25, 0.3) is 10.2 Å². The molecule has 9 nitrogen and oxygen atoms in total. The van der Waals surface area contributed by atoms with Crippen LogP contribution in [-0.2, 0) is 6.54 Å². The molecule has 2 aromatic heterocycles. The standard InChI is InChI=1S/C23H23N7O2S/c1-16-6-5-9-18-19(16)26-23(33-18)27-21-20(30(31)32)22(25-15-24-21)29-12-10-28(11-13-29)14-17-7-3-2-4-8-17/h2-9,15H,10-14H2,1H3,(H,24,25,26,27). The Morgan fingerprint density at radius 1 is 1.06 bits per heavy atom. The van der Waals surface area contributed by atoms with Gasteiger partial charge in [-0.05, 0) is 24.1 Å². The number of nitrogens with one attached hydrogen (secondary N) is 1. The molecule has 1 aliphatic heterocycles. The van der Waals surface area contributed by atoms with Crippen LogP contribution in [0.15, 0.2) is 54.9 Å². The summed E-state index contributed by atoms with van der Waals surface area (Å²) >= 11 is 1.44. The van der Waals surface area contributed by atoms with E-state index in [0.717, 1.165) is 35.4 Å². The lowest BCUT2D eigenvalue weighted by Gasteiger charge is -2.35. The fourth-order valence-electron chi connectivity index (χ4n) is 4.06. The summed E-state index contributed by atoms with van der Waals surface area (Å²) in [6.07, 6.45) is 1.37. The van der Waals surface area contributed by atoms with Crippen molar-refractivity contribution in [2.45, 2.75) is 13.5 Å². The molecule has 5 rings (SSSR count). The van der Waals surface area contributed by atoms with Crippen LogP contribution in [0.4, 0.5) is 22.5 Å². The third-order valence-electron chi connectivity index (χ3n) is 5.75. The molecule has 0 atom stereocenters. The predicted molar refractivity (Wildman–Crippen MR) is 130 cm³/mol. The highest BCUT2D eigenvalue weighted by atomic mass is 32.1. The van der Waals surface area contributed by atoms with E-state index in [1.54, 1.807) is 0 Å². The number of nitrogens with zero attached hydrogens (tertiary/aromatic N) is 6. The van der Waals surface area contributed by atoms with Crippen LogP contribution < -0.4 is 10.2 Å². The molecule has 0 bridgehead atoms. The first-order chi connectivity index (χ1) is 16.1. The maximum atomic E-state index is 12.0. The fourth-order valence-corrected chi connectivity index (χ4v) is 5.00. The van der Waals surface area contributed by atoms with Gasteiger partial charge >= 0.3 is 5.69 Å². The highest BCUT2D eigenvalue weighted by Gasteiger charge is 2.29. The molecule has 168 valence electrons. The minimum absolute atomic E-state index is 0.120. The predicted octanol–water partition coefficient (Wildman–Crippen LogP) is 4.37. The van der Waals surface area contributed by atoms with Crippen LogP contribution in [-0.4, -0.2) is 51.0 Å². The largest absolute Gasteiger partial charge is 0.353 e. The van der Waals surface area contributed by atoms with Crippen molar-refractivity contribution in [3.05, 3.63) is 76.1 Å². The minimum Gasteiger partial charge on any atom is -0.348 e. The molecule has 1 fully saturated rings. The van der Waals surface area contributed by atoms with E-state index in [9.17, 15) is 10.1 Å². The van der Waals surface area contributed by atoms with Crippen LogP contribution >= 0.6 is 11.3 Å². The van der Waals surface area contributed by atoms with Crippen molar-refractivity contribution in [3.63, 3.8) is 0 Å². The Morgan fingerprint density at radius 2 is 1.85 bits per heavy atom. The molecule has 0 radical (unpaired) electrons. The van der Waals surface area contributed by atoms with Gasteiger partial charge in [0.2, 0.25) is 11.6 Å². The smallest absolute Gasteiger partial charge is 0.348 e. The fraction of sp³-hybridized carbons (Fsp3) is 0.261. The number of benzene rings is 2. The molecule has 10 heteroatoms. The van der Waals surface area contributed by atoms with Gasteiger partial charge in [0.05, 0.1) is 15.1 Å². The number of thiazole rings is 1. The maximum Gasteiger partial charge on any atom is 0.353 e. The van der Waals surface area contributed by atoms with Crippen molar-refractivity contribution in [2.75, 3.05) is 36.4 Å². The van der Waals surface area contributed by atoms with Crippen molar-refractivity contribution >= 4 is 44.0 Å². The summed E-state index contributed by atoms with van der Waals surface area (Å²) < 4.78 is 1.02. The lowest BCUT2D eigenvalue weighted by molar-refractivity contribution is -0.383. The number of aromatic nitrogens is 3. The highest BCUT2D eigenvalue weighted by molar-refractivity contribution is 7.22. The number of piperazine rings is 1. The summed E-state index contributed by atoms with van der Waals surface area (Å²) in [4.78, 5) is 29.0. The molecule has 0 amide bonds. The van der Waals surface area contributed by atoms with Gasteiger partial charge in [-0.3, -0.25) is 15.0 Å². The SMILES string of the molecule is Cc1cccc2sc(Nc3ncnc(N4CCN(Cc5ccccc5)CC4)c3[N+](=O)[O-])nc12. The first kappa shape index (κ1) is 21.2. The van der Waals surface area contributed by atoms with Crippen molar-refractivity contribution in [1.29, 1.82) is 0 Å². The molecule has 1 aliphatic rings. The average molecular weight is 462 g/mol. The number of nitro groups is 1. The van der Waals surface area contributed by atoms with Gasteiger partial charge in [-0.1, -0.05) is 53.8 Å². The van der Waals surface area contributed by atoms with Gasteiger partial charge in [0.25, 0.3) is 0 Å². The van der Waals surface area contributed by atoms with Crippen LogP contribution in [0.5, 0.6) is 0 Å². The third-order valence-corrected chi connectivity index (χ3v) is 6.69. The summed E-state index contributed by atoms with van der Waals surface area (Å²) in [7, 11) is 0. The molecule has 1 saturated heterocycles. The Balaban J connectivity index is 1.36. The Bertz CT molecular complexity index is 1290. The van der Waals surface area contributed by atoms with Gasteiger partial charge in [0, 0.05) is 32.7 Å². The van der Waals surface area contributed by atoms with Gasteiger partial charge in [-0.15, -0.1) is 0 Å². The molecule has 4 aromatic rings. The monoisotopic (exact) mass is 461 g/mol. The molecule has 2 aromatic carbocycles. The molecule has 0 aliphatic carbocycles. The van der Waals surface area contributed by atoms with E-state index in [-0.39, 0.29) is 11.5 Å². The number of fused-ring (bicyclic) bond motifs is 1. The van der Waals surface area contributed by atoms with E-state index >= 15 is 0 Å². The molecule has 0 spiro atoms. The first-order valence-corrected chi connectivity index (χ1v) is 11.5. The van der Waals surface area contributed by atoms with Crippen LogP contribution in [0.2, 0.25) is 0 Å². The Labute approximate surface area is 194 Å². The maximum absolute atomic E-state index is 12.0. The van der Waals surface area contributed by atoms with Crippen LogP contribution in [0.3, 0.4) is 0 Å². The zero-order chi connectivity index (χ0) is 22.8. The van der Waals surface area contributed by atoms with Crippen molar-refractivity contribution in [1.82, 2.24) is 19.9 Å². The second-order valence-corrected chi connectivity index (χ2v) is 9.00. The number of aryl methyl sites for hydroxylation is 1. The molecular formula is C23H23N7O2S. The Kier molecular flexibility index (Phi) is 5.84. The van der Waals surface area contributed by atoms with Crippen LogP contribution in [0.1, 0.15) is 11.1 Å². The minimum atomic E-state index is -0.410. The van der Waals surface area contributed by atoms with Gasteiger partial charge < -0.3 is 10.2 Å². The quantitative estimate of drug-likeness (QED) is 0.334. The van der Waals surface area contributed by atoms with E-state index in [2.05, 4.69) is 37.3 Å². The summed E-state index contributed by atoms with van der Waals surface area (Å²) in [5.74, 6) is 0.502. The van der Waals surface area contributed by atoms with Crippen molar-refractivity contribution in [2.24, 2.45) is 0 Å². The van der Waals surface area contributed by atoms with E-state index in [1.165, 1.54) is 23.2 Å². The molecule has 33 heavy (non-hydrogen) atoms. The summed E-state index contributed by atoms with van der Waals surface area (Å²) in [5, 5.41) is 15.7. The molecule has 0 unspecified atom stereocenters. The molecular weight excluding hydrogens is 438 g/mol. The molecule has 0 saturated carbocycles. The lowest BCUT2D eigenvalue weighted by Crippen LogP contribution is -2.46. The van der Waals surface area contributed by atoms with Crippen molar-refractivity contribution < 1.29 is 4.92 Å².